The number of nitrogens with one attached hydrogen (secondary N) is 1. The second-order valence-corrected chi connectivity index (χ2v) is 6.26. The average Bonchev–Trinajstić information content (AvgIpc) is 3.12. The number of aromatic nitrogens is 1. The molecule has 0 radical (unpaired) electrons. The summed E-state index contributed by atoms with van der Waals surface area (Å²) in [5, 5.41) is 4.45. The zero-order valence-electron chi connectivity index (χ0n) is 11.3. The molecule has 0 bridgehead atoms. The Kier molecular flexibility index (Phi) is 5.02. The van der Waals surface area contributed by atoms with E-state index >= 15 is 0 Å². The average molecular weight is 267 g/mol. The topological polar surface area (TPSA) is 24.9 Å². The van der Waals surface area contributed by atoms with Crippen molar-refractivity contribution in [2.24, 2.45) is 11.8 Å². The van der Waals surface area contributed by atoms with Crippen molar-refractivity contribution >= 4 is 11.6 Å². The molecular formula is C15H23ClN2. The van der Waals surface area contributed by atoms with Gasteiger partial charge in [0.1, 0.15) is 0 Å². The van der Waals surface area contributed by atoms with Gasteiger partial charge >= 0.3 is 0 Å². The van der Waals surface area contributed by atoms with E-state index in [9.17, 15) is 0 Å². The summed E-state index contributed by atoms with van der Waals surface area (Å²) in [6, 6.07) is 2.83. The summed E-state index contributed by atoms with van der Waals surface area (Å²) in [4.78, 5) is 4.05. The molecule has 0 amide bonds. The van der Waals surface area contributed by atoms with Crippen molar-refractivity contribution in [3.05, 3.63) is 29.0 Å². The summed E-state index contributed by atoms with van der Waals surface area (Å²) in [5.74, 6) is 1.40. The molecule has 1 aromatic heterocycles. The highest BCUT2D eigenvalue weighted by Gasteiger charge is 2.22. The van der Waals surface area contributed by atoms with E-state index in [0.29, 0.717) is 5.92 Å². The molecule has 1 N–H and O–H groups in total. The Bertz CT molecular complexity index is 375. The quantitative estimate of drug-likeness (QED) is 0.814. The first kappa shape index (κ1) is 13.8. The molecule has 1 saturated carbocycles. The Hall–Kier alpha value is -0.600. The monoisotopic (exact) mass is 266 g/mol. The highest BCUT2D eigenvalue weighted by Crippen LogP contribution is 2.24. The summed E-state index contributed by atoms with van der Waals surface area (Å²) >= 11 is 6.20. The van der Waals surface area contributed by atoms with Crippen molar-refractivity contribution in [1.29, 1.82) is 0 Å². The van der Waals surface area contributed by atoms with Crippen LogP contribution in [0.3, 0.4) is 0 Å². The van der Waals surface area contributed by atoms with Crippen molar-refractivity contribution in [3.8, 4) is 0 Å². The van der Waals surface area contributed by atoms with E-state index in [-0.39, 0.29) is 0 Å². The minimum Gasteiger partial charge on any atom is -0.314 e. The first-order valence-corrected chi connectivity index (χ1v) is 7.34. The molecule has 1 heterocycles. The van der Waals surface area contributed by atoms with Crippen molar-refractivity contribution < 1.29 is 0 Å². The van der Waals surface area contributed by atoms with E-state index in [1.54, 1.807) is 6.20 Å². The maximum atomic E-state index is 6.20. The molecule has 1 aliphatic carbocycles. The maximum absolute atomic E-state index is 6.20. The predicted molar refractivity (Wildman–Crippen MR) is 76.9 cm³/mol. The molecule has 1 aromatic rings. The van der Waals surface area contributed by atoms with Crippen LogP contribution in [0.4, 0.5) is 0 Å². The first-order chi connectivity index (χ1) is 8.65. The van der Waals surface area contributed by atoms with E-state index in [1.165, 1.54) is 24.8 Å². The molecule has 1 atom stereocenters. The molecule has 0 spiro atoms. The van der Waals surface area contributed by atoms with Crippen LogP contribution in [0.15, 0.2) is 18.5 Å². The molecule has 2 rings (SSSR count). The minimum atomic E-state index is 0.672. The van der Waals surface area contributed by atoms with E-state index in [2.05, 4.69) is 24.1 Å². The SMILES string of the molecule is CC(C)CC(CNC1CC1)Cc1ccncc1Cl. The number of nitrogens with zero attached hydrogens (tertiary/aromatic N) is 1. The Morgan fingerprint density at radius 3 is 2.83 bits per heavy atom. The van der Waals surface area contributed by atoms with Gasteiger partial charge in [-0.3, -0.25) is 4.98 Å². The van der Waals surface area contributed by atoms with Crippen LogP contribution in [0, 0.1) is 11.8 Å². The van der Waals surface area contributed by atoms with Crippen LogP contribution in [0.2, 0.25) is 5.02 Å². The van der Waals surface area contributed by atoms with Crippen molar-refractivity contribution in [1.82, 2.24) is 10.3 Å². The van der Waals surface area contributed by atoms with Gasteiger partial charge in [0.15, 0.2) is 0 Å². The molecule has 100 valence electrons. The Balaban J connectivity index is 1.92. The third-order valence-electron chi connectivity index (χ3n) is 3.44. The van der Waals surface area contributed by atoms with Gasteiger partial charge in [0.25, 0.3) is 0 Å². The van der Waals surface area contributed by atoms with Gasteiger partial charge in [-0.05, 0) is 55.7 Å². The smallest absolute Gasteiger partial charge is 0.0621 e. The fourth-order valence-electron chi connectivity index (χ4n) is 2.41. The Morgan fingerprint density at radius 2 is 2.22 bits per heavy atom. The number of halogens is 1. The lowest BCUT2D eigenvalue weighted by Crippen LogP contribution is -2.27. The normalized spacial score (nSPS) is 17.1. The molecule has 1 unspecified atom stereocenters. The third-order valence-corrected chi connectivity index (χ3v) is 3.78. The molecule has 0 aliphatic heterocycles. The van der Waals surface area contributed by atoms with Crippen molar-refractivity contribution in [2.45, 2.75) is 45.6 Å². The Morgan fingerprint density at radius 1 is 1.44 bits per heavy atom. The fourth-order valence-corrected chi connectivity index (χ4v) is 2.60. The van der Waals surface area contributed by atoms with Crippen LogP contribution in [-0.4, -0.2) is 17.6 Å². The molecule has 1 aliphatic rings. The van der Waals surface area contributed by atoms with Crippen LogP contribution in [0.1, 0.15) is 38.7 Å². The summed E-state index contributed by atoms with van der Waals surface area (Å²) in [6.07, 6.45) is 8.59. The lowest BCUT2D eigenvalue weighted by molar-refractivity contribution is 0.384. The molecule has 3 heteroatoms. The van der Waals surface area contributed by atoms with E-state index < -0.39 is 0 Å². The van der Waals surface area contributed by atoms with E-state index in [1.807, 2.05) is 12.3 Å². The third kappa shape index (κ3) is 4.58. The van der Waals surface area contributed by atoms with E-state index in [0.717, 1.165) is 29.9 Å². The van der Waals surface area contributed by atoms with Gasteiger partial charge < -0.3 is 5.32 Å². The Labute approximate surface area is 115 Å². The summed E-state index contributed by atoms with van der Waals surface area (Å²) in [7, 11) is 0. The fraction of sp³-hybridized carbons (Fsp3) is 0.667. The van der Waals surface area contributed by atoms with Crippen LogP contribution in [-0.2, 0) is 6.42 Å². The van der Waals surface area contributed by atoms with Gasteiger partial charge in [0, 0.05) is 18.4 Å². The van der Waals surface area contributed by atoms with Crippen molar-refractivity contribution in [2.75, 3.05) is 6.54 Å². The molecule has 18 heavy (non-hydrogen) atoms. The van der Waals surface area contributed by atoms with Gasteiger partial charge in [-0.2, -0.15) is 0 Å². The summed E-state index contributed by atoms with van der Waals surface area (Å²) in [5.41, 5.74) is 1.23. The molecule has 2 nitrogen and oxygen atoms in total. The lowest BCUT2D eigenvalue weighted by Gasteiger charge is -2.20. The lowest BCUT2D eigenvalue weighted by atomic mass is 9.91. The molecule has 1 fully saturated rings. The van der Waals surface area contributed by atoms with Gasteiger partial charge in [-0.1, -0.05) is 25.4 Å². The maximum Gasteiger partial charge on any atom is 0.0621 e. The van der Waals surface area contributed by atoms with Crippen LogP contribution in [0.5, 0.6) is 0 Å². The van der Waals surface area contributed by atoms with Crippen molar-refractivity contribution in [3.63, 3.8) is 0 Å². The second-order valence-electron chi connectivity index (χ2n) is 5.85. The minimum absolute atomic E-state index is 0.672. The van der Waals surface area contributed by atoms with Crippen LogP contribution >= 0.6 is 11.6 Å². The summed E-state index contributed by atoms with van der Waals surface area (Å²) in [6.45, 7) is 5.69. The zero-order chi connectivity index (χ0) is 13.0. The van der Waals surface area contributed by atoms with Gasteiger partial charge in [-0.15, -0.1) is 0 Å². The van der Waals surface area contributed by atoms with Gasteiger partial charge in [-0.25, -0.2) is 0 Å². The van der Waals surface area contributed by atoms with Crippen LogP contribution < -0.4 is 5.32 Å². The summed E-state index contributed by atoms with van der Waals surface area (Å²) < 4.78 is 0. The molecule has 0 saturated heterocycles. The zero-order valence-corrected chi connectivity index (χ0v) is 12.1. The van der Waals surface area contributed by atoms with Gasteiger partial charge in [0.05, 0.1) is 5.02 Å². The second kappa shape index (κ2) is 6.53. The van der Waals surface area contributed by atoms with Gasteiger partial charge in [0.2, 0.25) is 0 Å². The first-order valence-electron chi connectivity index (χ1n) is 6.97. The number of hydrogen-bond acceptors (Lipinski definition) is 2. The molecular weight excluding hydrogens is 244 g/mol. The standard InChI is InChI=1S/C15H23ClN2/c1-11(2)7-12(9-18-14-3-4-14)8-13-5-6-17-10-15(13)16/h5-6,10-12,14,18H,3-4,7-9H2,1-2H3. The number of pyridine rings is 1. The largest absolute Gasteiger partial charge is 0.314 e. The highest BCUT2D eigenvalue weighted by molar-refractivity contribution is 6.31. The molecule has 0 aromatic carbocycles. The number of rotatable bonds is 7. The predicted octanol–water partition coefficient (Wildman–Crippen LogP) is 3.69. The number of hydrogen-bond donors (Lipinski definition) is 1. The van der Waals surface area contributed by atoms with Crippen LogP contribution in [0.25, 0.3) is 0 Å². The highest BCUT2D eigenvalue weighted by atomic mass is 35.5. The van der Waals surface area contributed by atoms with E-state index in [4.69, 9.17) is 11.6 Å².